The standard InChI is InChI=1S/C14H21N3O2/c1-10-7-11(14(18)19)8-15-13(10)17-6-4-5-12(17)9-16(2)3/h7-8,12H,4-6,9H2,1-3H3,(H,18,19). The minimum Gasteiger partial charge on any atom is -0.478 e. The van der Waals surface area contributed by atoms with Gasteiger partial charge < -0.3 is 14.9 Å². The fraction of sp³-hybridized carbons (Fsp3) is 0.571. The Morgan fingerprint density at radius 1 is 1.58 bits per heavy atom. The number of carboxylic acids is 1. The summed E-state index contributed by atoms with van der Waals surface area (Å²) in [4.78, 5) is 19.8. The Bertz CT molecular complexity index is 474. The van der Waals surface area contributed by atoms with E-state index in [4.69, 9.17) is 5.11 Å². The van der Waals surface area contributed by atoms with Gasteiger partial charge in [0.05, 0.1) is 5.56 Å². The summed E-state index contributed by atoms with van der Waals surface area (Å²) in [6.45, 7) is 3.93. The molecule has 0 bridgehead atoms. The van der Waals surface area contributed by atoms with Crippen LogP contribution < -0.4 is 4.90 Å². The van der Waals surface area contributed by atoms with Gasteiger partial charge in [0.2, 0.25) is 0 Å². The summed E-state index contributed by atoms with van der Waals surface area (Å²) < 4.78 is 0. The SMILES string of the molecule is Cc1cc(C(=O)O)cnc1N1CCCC1CN(C)C. The molecule has 1 fully saturated rings. The van der Waals surface area contributed by atoms with Gasteiger partial charge in [-0.2, -0.15) is 0 Å². The second-order valence-corrected chi connectivity index (χ2v) is 5.42. The van der Waals surface area contributed by atoms with Crippen LogP contribution in [0, 0.1) is 6.92 Å². The molecule has 1 aliphatic rings. The molecule has 0 radical (unpaired) electrons. The Hall–Kier alpha value is -1.62. The van der Waals surface area contributed by atoms with E-state index in [2.05, 4.69) is 28.9 Å². The van der Waals surface area contributed by atoms with Crippen molar-refractivity contribution in [2.75, 3.05) is 32.1 Å². The summed E-state index contributed by atoms with van der Waals surface area (Å²) in [7, 11) is 4.15. The number of hydrogen-bond acceptors (Lipinski definition) is 4. The first-order valence-corrected chi connectivity index (χ1v) is 6.60. The summed E-state index contributed by atoms with van der Waals surface area (Å²) in [6, 6.07) is 2.17. The fourth-order valence-corrected chi connectivity index (χ4v) is 2.71. The van der Waals surface area contributed by atoms with E-state index in [1.165, 1.54) is 19.0 Å². The predicted octanol–water partition coefficient (Wildman–Crippen LogP) is 1.62. The predicted molar refractivity (Wildman–Crippen MR) is 74.9 cm³/mol. The number of likely N-dealkylation sites (N-methyl/N-ethyl adjacent to an activating group) is 1. The molecule has 0 saturated carbocycles. The van der Waals surface area contributed by atoms with Crippen molar-refractivity contribution in [3.8, 4) is 0 Å². The van der Waals surface area contributed by atoms with Crippen LogP contribution in [0.4, 0.5) is 5.82 Å². The number of anilines is 1. The Balaban J connectivity index is 2.23. The van der Waals surface area contributed by atoms with E-state index in [1.54, 1.807) is 6.07 Å². The van der Waals surface area contributed by atoms with Crippen LogP contribution in [0.3, 0.4) is 0 Å². The summed E-state index contributed by atoms with van der Waals surface area (Å²) >= 11 is 0. The first-order chi connectivity index (χ1) is 8.99. The molecular weight excluding hydrogens is 242 g/mol. The molecule has 2 heterocycles. The van der Waals surface area contributed by atoms with Crippen LogP contribution in [0.25, 0.3) is 0 Å². The van der Waals surface area contributed by atoms with Gasteiger partial charge in [0.15, 0.2) is 0 Å². The van der Waals surface area contributed by atoms with Crippen LogP contribution in [0.1, 0.15) is 28.8 Å². The number of pyridine rings is 1. The maximum absolute atomic E-state index is 10.9. The highest BCUT2D eigenvalue weighted by atomic mass is 16.4. The zero-order valence-corrected chi connectivity index (χ0v) is 11.8. The first-order valence-electron chi connectivity index (χ1n) is 6.60. The molecule has 19 heavy (non-hydrogen) atoms. The van der Waals surface area contributed by atoms with Crippen molar-refractivity contribution in [3.05, 3.63) is 23.4 Å². The van der Waals surface area contributed by atoms with Crippen molar-refractivity contribution >= 4 is 11.8 Å². The normalized spacial score (nSPS) is 19.2. The van der Waals surface area contributed by atoms with Crippen LogP contribution in [0.5, 0.6) is 0 Å². The molecule has 1 aliphatic heterocycles. The van der Waals surface area contributed by atoms with Crippen molar-refractivity contribution in [1.29, 1.82) is 0 Å². The van der Waals surface area contributed by atoms with E-state index < -0.39 is 5.97 Å². The molecule has 5 nitrogen and oxygen atoms in total. The maximum Gasteiger partial charge on any atom is 0.337 e. The van der Waals surface area contributed by atoms with E-state index in [9.17, 15) is 4.79 Å². The van der Waals surface area contributed by atoms with Gasteiger partial charge in [-0.25, -0.2) is 9.78 Å². The van der Waals surface area contributed by atoms with E-state index in [-0.39, 0.29) is 5.56 Å². The molecule has 5 heteroatoms. The lowest BCUT2D eigenvalue weighted by Gasteiger charge is -2.29. The lowest BCUT2D eigenvalue weighted by atomic mass is 10.1. The Kier molecular flexibility index (Phi) is 4.04. The van der Waals surface area contributed by atoms with Gasteiger partial charge in [0.1, 0.15) is 5.82 Å². The number of carbonyl (C=O) groups is 1. The largest absolute Gasteiger partial charge is 0.478 e. The van der Waals surface area contributed by atoms with E-state index in [1.807, 2.05) is 6.92 Å². The maximum atomic E-state index is 10.9. The number of aromatic nitrogens is 1. The third-order valence-corrected chi connectivity index (χ3v) is 3.52. The third-order valence-electron chi connectivity index (χ3n) is 3.52. The topological polar surface area (TPSA) is 56.7 Å². The summed E-state index contributed by atoms with van der Waals surface area (Å²) in [5.41, 5.74) is 1.19. The molecule has 0 aliphatic carbocycles. The lowest BCUT2D eigenvalue weighted by Crippen LogP contribution is -2.38. The fourth-order valence-electron chi connectivity index (χ4n) is 2.71. The van der Waals surface area contributed by atoms with Crippen LogP contribution in [0.15, 0.2) is 12.3 Å². The average Bonchev–Trinajstić information content (AvgIpc) is 2.75. The van der Waals surface area contributed by atoms with Crippen molar-refractivity contribution in [2.24, 2.45) is 0 Å². The number of rotatable bonds is 4. The molecule has 104 valence electrons. The second-order valence-electron chi connectivity index (χ2n) is 5.42. The Morgan fingerprint density at radius 2 is 2.32 bits per heavy atom. The molecule has 0 amide bonds. The van der Waals surface area contributed by atoms with Gasteiger partial charge >= 0.3 is 5.97 Å². The summed E-state index contributed by atoms with van der Waals surface area (Å²) in [5.74, 6) is 0.00256. The first kappa shape index (κ1) is 13.8. The second kappa shape index (κ2) is 5.57. The molecule has 1 saturated heterocycles. The third kappa shape index (κ3) is 3.04. The van der Waals surface area contributed by atoms with Gasteiger partial charge in [-0.15, -0.1) is 0 Å². The Labute approximate surface area is 113 Å². The van der Waals surface area contributed by atoms with Crippen molar-refractivity contribution in [1.82, 2.24) is 9.88 Å². The number of aryl methyl sites for hydroxylation is 1. The smallest absolute Gasteiger partial charge is 0.337 e. The van der Waals surface area contributed by atoms with E-state index >= 15 is 0 Å². The molecule has 2 rings (SSSR count). The molecule has 0 aromatic carbocycles. The van der Waals surface area contributed by atoms with Crippen molar-refractivity contribution < 1.29 is 9.90 Å². The van der Waals surface area contributed by atoms with Gasteiger partial charge in [-0.05, 0) is 45.5 Å². The number of nitrogens with zero attached hydrogens (tertiary/aromatic N) is 3. The van der Waals surface area contributed by atoms with Gasteiger partial charge in [0.25, 0.3) is 0 Å². The van der Waals surface area contributed by atoms with Gasteiger partial charge in [0, 0.05) is 25.3 Å². The molecule has 0 spiro atoms. The minimum absolute atomic E-state index is 0.254. The quantitative estimate of drug-likeness (QED) is 0.894. The molecule has 1 unspecified atom stereocenters. The Morgan fingerprint density at radius 3 is 2.89 bits per heavy atom. The van der Waals surface area contributed by atoms with E-state index in [0.717, 1.165) is 24.5 Å². The zero-order valence-electron chi connectivity index (χ0n) is 11.8. The number of carboxylic acid groups (broad SMARTS) is 1. The van der Waals surface area contributed by atoms with Crippen LogP contribution >= 0.6 is 0 Å². The van der Waals surface area contributed by atoms with Crippen molar-refractivity contribution in [3.63, 3.8) is 0 Å². The molecule has 1 N–H and O–H groups in total. The summed E-state index contributed by atoms with van der Waals surface area (Å²) in [5, 5.41) is 8.98. The summed E-state index contributed by atoms with van der Waals surface area (Å²) in [6.07, 6.45) is 3.79. The van der Waals surface area contributed by atoms with Crippen LogP contribution in [-0.2, 0) is 0 Å². The molecular formula is C14H21N3O2. The molecule has 1 aromatic rings. The number of hydrogen-bond donors (Lipinski definition) is 1. The molecule has 1 atom stereocenters. The molecule has 1 aromatic heterocycles. The lowest BCUT2D eigenvalue weighted by molar-refractivity contribution is 0.0696. The highest BCUT2D eigenvalue weighted by Crippen LogP contribution is 2.27. The highest BCUT2D eigenvalue weighted by Gasteiger charge is 2.27. The van der Waals surface area contributed by atoms with Crippen LogP contribution in [-0.4, -0.2) is 54.2 Å². The van der Waals surface area contributed by atoms with Crippen LogP contribution in [0.2, 0.25) is 0 Å². The highest BCUT2D eigenvalue weighted by molar-refractivity contribution is 5.87. The van der Waals surface area contributed by atoms with Crippen molar-refractivity contribution in [2.45, 2.75) is 25.8 Å². The zero-order chi connectivity index (χ0) is 14.0. The minimum atomic E-state index is -0.923. The van der Waals surface area contributed by atoms with Gasteiger partial charge in [-0.3, -0.25) is 0 Å². The van der Waals surface area contributed by atoms with E-state index in [0.29, 0.717) is 6.04 Å². The van der Waals surface area contributed by atoms with Gasteiger partial charge in [-0.1, -0.05) is 0 Å². The number of aromatic carboxylic acids is 1. The average molecular weight is 263 g/mol. The monoisotopic (exact) mass is 263 g/mol.